The predicted octanol–water partition coefficient (Wildman–Crippen LogP) is 3.41. The van der Waals surface area contributed by atoms with Crippen LogP contribution in [-0.2, 0) is 6.54 Å². The lowest BCUT2D eigenvalue weighted by molar-refractivity contribution is 0.815. The summed E-state index contributed by atoms with van der Waals surface area (Å²) in [5.74, 6) is 0.920. The molecule has 14 heavy (non-hydrogen) atoms. The van der Waals surface area contributed by atoms with Gasteiger partial charge in [0.05, 0.1) is 0 Å². The maximum absolute atomic E-state index is 3.81. The van der Waals surface area contributed by atoms with Gasteiger partial charge in [-0.05, 0) is 29.2 Å². The van der Waals surface area contributed by atoms with Crippen LogP contribution in [0.2, 0.25) is 0 Å². The van der Waals surface area contributed by atoms with E-state index in [0.717, 1.165) is 16.8 Å². The van der Waals surface area contributed by atoms with Crippen molar-refractivity contribution in [3.8, 4) is 0 Å². The van der Waals surface area contributed by atoms with Crippen molar-refractivity contribution in [1.82, 2.24) is 5.32 Å². The number of thioether (sulfide) groups is 1. The molecule has 1 N–H and O–H groups in total. The predicted molar refractivity (Wildman–Crippen MR) is 68.0 cm³/mol. The van der Waals surface area contributed by atoms with Crippen LogP contribution in [0.1, 0.15) is 5.56 Å². The average molecular weight is 272 g/mol. The van der Waals surface area contributed by atoms with Crippen molar-refractivity contribution in [2.24, 2.45) is 0 Å². The summed E-state index contributed by atoms with van der Waals surface area (Å²) in [5, 5.41) is 3.14. The molecule has 0 heterocycles. The second kappa shape index (κ2) is 6.27. The molecule has 0 saturated carbocycles. The summed E-state index contributed by atoms with van der Waals surface area (Å²) in [6.07, 6.45) is 0. The van der Waals surface area contributed by atoms with Crippen LogP contribution in [0.5, 0.6) is 0 Å². The Kier molecular flexibility index (Phi) is 5.30. The second-order valence-electron chi connectivity index (χ2n) is 2.98. The van der Waals surface area contributed by atoms with Gasteiger partial charge in [-0.15, -0.1) is 11.8 Å². The molecular weight excluding hydrogens is 258 g/mol. The van der Waals surface area contributed by atoms with Gasteiger partial charge in [-0.1, -0.05) is 34.6 Å². The standard InChI is InChI=1S/C11H14BrNS/c1-9(12)8-14-11-5-3-4-10(6-11)7-13-2/h3-6,13H,1,7-8H2,2H3. The molecule has 3 heteroatoms. The summed E-state index contributed by atoms with van der Waals surface area (Å²) >= 11 is 5.15. The topological polar surface area (TPSA) is 12.0 Å². The van der Waals surface area contributed by atoms with Crippen LogP contribution in [0.3, 0.4) is 0 Å². The second-order valence-corrected chi connectivity index (χ2v) is 5.15. The van der Waals surface area contributed by atoms with Crippen LogP contribution < -0.4 is 5.32 Å². The fourth-order valence-electron chi connectivity index (χ4n) is 1.11. The summed E-state index contributed by atoms with van der Waals surface area (Å²) in [6.45, 7) is 4.73. The first-order chi connectivity index (χ1) is 6.72. The van der Waals surface area contributed by atoms with Crippen LogP contribution in [0.15, 0.2) is 40.2 Å². The van der Waals surface area contributed by atoms with Gasteiger partial charge in [0.1, 0.15) is 0 Å². The summed E-state index contributed by atoms with van der Waals surface area (Å²) in [6, 6.07) is 8.55. The van der Waals surface area contributed by atoms with E-state index in [0.29, 0.717) is 0 Å². The number of benzene rings is 1. The maximum Gasteiger partial charge on any atom is 0.0292 e. The number of rotatable bonds is 5. The highest BCUT2D eigenvalue weighted by atomic mass is 79.9. The van der Waals surface area contributed by atoms with Crippen LogP contribution in [0.25, 0.3) is 0 Å². The minimum Gasteiger partial charge on any atom is -0.316 e. The molecule has 1 rings (SSSR count). The highest BCUT2D eigenvalue weighted by Gasteiger charge is 1.96. The van der Waals surface area contributed by atoms with E-state index < -0.39 is 0 Å². The summed E-state index contributed by atoms with van der Waals surface area (Å²) in [7, 11) is 1.96. The van der Waals surface area contributed by atoms with Crippen molar-refractivity contribution in [1.29, 1.82) is 0 Å². The van der Waals surface area contributed by atoms with Gasteiger partial charge in [-0.25, -0.2) is 0 Å². The minimum atomic E-state index is 0.920. The lowest BCUT2D eigenvalue weighted by Gasteiger charge is -2.03. The van der Waals surface area contributed by atoms with E-state index in [9.17, 15) is 0 Å². The monoisotopic (exact) mass is 271 g/mol. The van der Waals surface area contributed by atoms with Crippen LogP contribution in [0.4, 0.5) is 0 Å². The van der Waals surface area contributed by atoms with Gasteiger partial charge in [0.15, 0.2) is 0 Å². The fraction of sp³-hybridized carbons (Fsp3) is 0.273. The lowest BCUT2D eigenvalue weighted by atomic mass is 10.2. The van der Waals surface area contributed by atoms with Gasteiger partial charge in [-0.3, -0.25) is 0 Å². The fourth-order valence-corrected chi connectivity index (χ4v) is 2.19. The molecule has 0 aliphatic rings. The molecule has 76 valence electrons. The van der Waals surface area contributed by atoms with Crippen molar-refractivity contribution >= 4 is 27.7 Å². The molecule has 1 nitrogen and oxygen atoms in total. The van der Waals surface area contributed by atoms with Crippen LogP contribution in [0, 0.1) is 0 Å². The quantitative estimate of drug-likeness (QED) is 0.824. The van der Waals surface area contributed by atoms with Crippen molar-refractivity contribution < 1.29 is 0 Å². The molecule has 1 aromatic carbocycles. The largest absolute Gasteiger partial charge is 0.316 e. The molecule has 0 aromatic heterocycles. The van der Waals surface area contributed by atoms with E-state index in [1.165, 1.54) is 10.5 Å². The third-order valence-electron chi connectivity index (χ3n) is 1.67. The van der Waals surface area contributed by atoms with E-state index in [1.807, 2.05) is 7.05 Å². The molecule has 0 fully saturated rings. The number of nitrogens with one attached hydrogen (secondary N) is 1. The summed E-state index contributed by atoms with van der Waals surface area (Å²) in [4.78, 5) is 1.29. The van der Waals surface area contributed by atoms with Gasteiger partial charge >= 0.3 is 0 Å². The molecule has 0 amide bonds. The first-order valence-electron chi connectivity index (χ1n) is 4.42. The van der Waals surface area contributed by atoms with E-state index in [1.54, 1.807) is 11.8 Å². The average Bonchev–Trinajstić information content (AvgIpc) is 2.16. The summed E-state index contributed by atoms with van der Waals surface area (Å²) < 4.78 is 1.03. The number of hydrogen-bond acceptors (Lipinski definition) is 2. The third kappa shape index (κ3) is 4.31. The van der Waals surface area contributed by atoms with E-state index >= 15 is 0 Å². The van der Waals surface area contributed by atoms with Gasteiger partial charge in [0.25, 0.3) is 0 Å². The molecule has 0 radical (unpaired) electrons. The molecule has 0 saturated heterocycles. The third-order valence-corrected chi connectivity index (χ3v) is 3.41. The van der Waals surface area contributed by atoms with Gasteiger partial charge < -0.3 is 5.32 Å². The minimum absolute atomic E-state index is 0.920. The smallest absolute Gasteiger partial charge is 0.0292 e. The van der Waals surface area contributed by atoms with Crippen LogP contribution >= 0.6 is 27.7 Å². The Balaban J connectivity index is 2.58. The summed E-state index contributed by atoms with van der Waals surface area (Å²) in [5.41, 5.74) is 1.32. The van der Waals surface area contributed by atoms with E-state index in [4.69, 9.17) is 0 Å². The molecule has 0 spiro atoms. The molecule has 0 bridgehead atoms. The molecule has 0 unspecified atom stereocenters. The first kappa shape index (κ1) is 11.8. The van der Waals surface area contributed by atoms with Crippen molar-refractivity contribution in [2.75, 3.05) is 12.8 Å². The normalized spacial score (nSPS) is 10.1. The zero-order valence-electron chi connectivity index (χ0n) is 8.22. The highest BCUT2D eigenvalue weighted by molar-refractivity contribution is 9.11. The van der Waals surface area contributed by atoms with Gasteiger partial charge in [0.2, 0.25) is 0 Å². The molecular formula is C11H14BrNS. The zero-order valence-corrected chi connectivity index (χ0v) is 10.6. The van der Waals surface area contributed by atoms with E-state index in [2.05, 4.69) is 52.1 Å². The molecule has 0 aliphatic heterocycles. The maximum atomic E-state index is 3.81. The van der Waals surface area contributed by atoms with Crippen molar-refractivity contribution in [3.05, 3.63) is 40.9 Å². The molecule has 0 aliphatic carbocycles. The number of halogens is 1. The highest BCUT2D eigenvalue weighted by Crippen LogP contribution is 2.22. The van der Waals surface area contributed by atoms with E-state index in [-0.39, 0.29) is 0 Å². The Hall–Kier alpha value is -0.250. The Morgan fingerprint density at radius 3 is 3.00 bits per heavy atom. The lowest BCUT2D eigenvalue weighted by Crippen LogP contribution is -2.04. The Bertz CT molecular complexity index is 312. The van der Waals surface area contributed by atoms with Crippen LogP contribution in [-0.4, -0.2) is 12.8 Å². The Morgan fingerprint density at radius 2 is 2.36 bits per heavy atom. The van der Waals surface area contributed by atoms with Gasteiger partial charge in [0, 0.05) is 17.2 Å². The van der Waals surface area contributed by atoms with Crippen molar-refractivity contribution in [2.45, 2.75) is 11.4 Å². The molecule has 1 aromatic rings. The Labute approximate surface area is 98.1 Å². The van der Waals surface area contributed by atoms with Gasteiger partial charge in [-0.2, -0.15) is 0 Å². The number of hydrogen-bond donors (Lipinski definition) is 1. The zero-order chi connectivity index (χ0) is 10.4. The van der Waals surface area contributed by atoms with Crippen molar-refractivity contribution in [3.63, 3.8) is 0 Å². The Morgan fingerprint density at radius 1 is 1.57 bits per heavy atom. The first-order valence-corrected chi connectivity index (χ1v) is 6.20. The molecule has 0 atom stereocenters. The SMILES string of the molecule is C=C(Br)CSc1cccc(CNC)c1.